The van der Waals surface area contributed by atoms with Gasteiger partial charge in [-0.25, -0.2) is 18.1 Å². The molecule has 0 saturated carbocycles. The van der Waals surface area contributed by atoms with Gasteiger partial charge in [-0.3, -0.25) is 0 Å². The first-order chi connectivity index (χ1) is 8.49. The average molecular weight is 283 g/mol. The van der Waals surface area contributed by atoms with Crippen LogP contribution in [-0.2, 0) is 10.0 Å². The van der Waals surface area contributed by atoms with E-state index in [4.69, 9.17) is 5.73 Å². The van der Waals surface area contributed by atoms with E-state index in [0.717, 1.165) is 4.88 Å². The number of nitrogens with two attached hydrogens (primary N) is 1. The lowest BCUT2D eigenvalue weighted by Crippen LogP contribution is -2.26. The third-order valence-electron chi connectivity index (χ3n) is 2.36. The van der Waals surface area contributed by atoms with Crippen LogP contribution in [0, 0.1) is 0 Å². The summed E-state index contributed by atoms with van der Waals surface area (Å²) in [7, 11) is -3.57. The van der Waals surface area contributed by atoms with Crippen LogP contribution in [0.5, 0.6) is 0 Å². The number of aromatic nitrogens is 1. The molecule has 96 valence electrons. The highest BCUT2D eigenvalue weighted by Crippen LogP contribution is 2.21. The van der Waals surface area contributed by atoms with Gasteiger partial charge in [-0.15, -0.1) is 11.3 Å². The van der Waals surface area contributed by atoms with Crippen molar-refractivity contribution >= 4 is 27.2 Å². The lowest BCUT2D eigenvalue weighted by atomic mass is 10.3. The normalized spacial score (nSPS) is 13.4. The first kappa shape index (κ1) is 13.0. The van der Waals surface area contributed by atoms with Crippen LogP contribution in [0.25, 0.3) is 0 Å². The molecule has 0 amide bonds. The van der Waals surface area contributed by atoms with E-state index in [0.29, 0.717) is 0 Å². The zero-order valence-electron chi connectivity index (χ0n) is 9.70. The van der Waals surface area contributed by atoms with Crippen LogP contribution >= 0.6 is 11.3 Å². The van der Waals surface area contributed by atoms with Crippen molar-refractivity contribution in [2.45, 2.75) is 17.9 Å². The monoisotopic (exact) mass is 283 g/mol. The molecule has 1 atom stereocenters. The van der Waals surface area contributed by atoms with E-state index in [1.54, 1.807) is 6.92 Å². The predicted molar refractivity (Wildman–Crippen MR) is 71.7 cm³/mol. The van der Waals surface area contributed by atoms with Crippen molar-refractivity contribution in [1.29, 1.82) is 0 Å². The quantitative estimate of drug-likeness (QED) is 0.895. The van der Waals surface area contributed by atoms with Crippen LogP contribution in [0.2, 0.25) is 0 Å². The molecule has 0 aliphatic carbocycles. The Kier molecular flexibility index (Phi) is 3.65. The molecule has 3 N–H and O–H groups in total. The maximum atomic E-state index is 12.1. The van der Waals surface area contributed by atoms with Gasteiger partial charge in [0, 0.05) is 17.1 Å². The number of rotatable bonds is 4. The van der Waals surface area contributed by atoms with E-state index >= 15 is 0 Å². The largest absolute Gasteiger partial charge is 0.384 e. The van der Waals surface area contributed by atoms with Crippen molar-refractivity contribution in [3.05, 3.63) is 40.7 Å². The molecule has 5 nitrogen and oxygen atoms in total. The van der Waals surface area contributed by atoms with Crippen molar-refractivity contribution in [1.82, 2.24) is 9.71 Å². The zero-order valence-corrected chi connectivity index (χ0v) is 11.3. The number of nitrogens with one attached hydrogen (secondary N) is 1. The molecular formula is C11H13N3O2S2. The highest BCUT2D eigenvalue weighted by molar-refractivity contribution is 7.89. The summed E-state index contributed by atoms with van der Waals surface area (Å²) in [5.41, 5.74) is 5.48. The summed E-state index contributed by atoms with van der Waals surface area (Å²) in [6.07, 6.45) is 1.37. The Bertz CT molecular complexity index is 623. The van der Waals surface area contributed by atoms with Gasteiger partial charge < -0.3 is 5.73 Å². The van der Waals surface area contributed by atoms with Crippen molar-refractivity contribution < 1.29 is 8.42 Å². The molecule has 2 aromatic heterocycles. The van der Waals surface area contributed by atoms with Gasteiger partial charge in [0.1, 0.15) is 5.82 Å². The minimum Gasteiger partial charge on any atom is -0.384 e. The van der Waals surface area contributed by atoms with Gasteiger partial charge in [0.15, 0.2) is 0 Å². The maximum absolute atomic E-state index is 12.1. The number of nitrogen functional groups attached to an aromatic ring is 1. The van der Waals surface area contributed by atoms with Crippen LogP contribution in [0.15, 0.2) is 40.7 Å². The molecule has 0 bridgehead atoms. The molecule has 2 rings (SSSR count). The highest BCUT2D eigenvalue weighted by Gasteiger charge is 2.19. The Balaban J connectivity index is 2.22. The molecule has 2 heterocycles. The van der Waals surface area contributed by atoms with Gasteiger partial charge in [0.25, 0.3) is 0 Å². The van der Waals surface area contributed by atoms with Gasteiger partial charge in [-0.1, -0.05) is 6.07 Å². The summed E-state index contributed by atoms with van der Waals surface area (Å²) in [6, 6.07) is 6.25. The molecule has 0 saturated heterocycles. The summed E-state index contributed by atoms with van der Waals surface area (Å²) in [6.45, 7) is 1.80. The molecule has 0 radical (unpaired) electrons. The second kappa shape index (κ2) is 5.05. The summed E-state index contributed by atoms with van der Waals surface area (Å²) in [5.74, 6) is 0.182. The topological polar surface area (TPSA) is 85.1 Å². The Morgan fingerprint density at radius 2 is 2.22 bits per heavy atom. The Labute approximate surface area is 110 Å². The van der Waals surface area contributed by atoms with Gasteiger partial charge in [0.05, 0.1) is 10.9 Å². The Morgan fingerprint density at radius 1 is 1.44 bits per heavy atom. The van der Waals surface area contributed by atoms with E-state index in [2.05, 4.69) is 9.71 Å². The number of hydrogen-bond acceptors (Lipinski definition) is 5. The number of hydrogen-bond donors (Lipinski definition) is 2. The number of thiophene rings is 1. The average Bonchev–Trinajstić information content (AvgIpc) is 2.82. The molecule has 2 aromatic rings. The second-order valence-electron chi connectivity index (χ2n) is 3.77. The van der Waals surface area contributed by atoms with Crippen LogP contribution in [0.1, 0.15) is 17.8 Å². The number of anilines is 1. The van der Waals surface area contributed by atoms with Crippen LogP contribution < -0.4 is 10.5 Å². The van der Waals surface area contributed by atoms with E-state index in [-0.39, 0.29) is 16.8 Å². The third-order valence-corrected chi connectivity index (χ3v) is 4.96. The third kappa shape index (κ3) is 2.87. The SMILES string of the molecule is CC(NS(=O)(=O)c1ccnc(N)c1)c1cccs1. The standard InChI is InChI=1S/C11H13N3O2S2/c1-8(10-3-2-6-17-10)14-18(15,16)9-4-5-13-11(12)7-9/h2-8,14H,1H3,(H2,12,13). The number of pyridine rings is 1. The van der Waals surface area contributed by atoms with Crippen LogP contribution in [0.4, 0.5) is 5.82 Å². The molecule has 18 heavy (non-hydrogen) atoms. The minimum absolute atomic E-state index is 0.124. The summed E-state index contributed by atoms with van der Waals surface area (Å²) in [5, 5.41) is 1.91. The van der Waals surface area contributed by atoms with E-state index in [1.165, 1.54) is 29.7 Å². The lowest BCUT2D eigenvalue weighted by molar-refractivity contribution is 0.568. The second-order valence-corrected chi connectivity index (χ2v) is 6.47. The smallest absolute Gasteiger partial charge is 0.241 e. The van der Waals surface area contributed by atoms with Crippen molar-refractivity contribution in [3.63, 3.8) is 0 Å². The molecule has 0 spiro atoms. The number of sulfonamides is 1. The van der Waals surface area contributed by atoms with Crippen molar-refractivity contribution in [2.24, 2.45) is 0 Å². The maximum Gasteiger partial charge on any atom is 0.241 e. The van der Waals surface area contributed by atoms with Gasteiger partial charge in [-0.05, 0) is 24.4 Å². The molecule has 0 fully saturated rings. The zero-order chi connectivity index (χ0) is 13.2. The van der Waals surface area contributed by atoms with Gasteiger partial charge in [0.2, 0.25) is 10.0 Å². The molecule has 0 aliphatic rings. The van der Waals surface area contributed by atoms with E-state index < -0.39 is 10.0 Å². The fraction of sp³-hybridized carbons (Fsp3) is 0.182. The summed E-state index contributed by atoms with van der Waals surface area (Å²) >= 11 is 1.51. The van der Waals surface area contributed by atoms with Gasteiger partial charge >= 0.3 is 0 Å². The molecule has 0 aliphatic heterocycles. The molecule has 0 aromatic carbocycles. The van der Waals surface area contributed by atoms with Crippen LogP contribution in [-0.4, -0.2) is 13.4 Å². The van der Waals surface area contributed by atoms with Gasteiger partial charge in [-0.2, -0.15) is 0 Å². The summed E-state index contributed by atoms with van der Waals surface area (Å²) in [4.78, 5) is 4.85. The number of nitrogens with zero attached hydrogens (tertiary/aromatic N) is 1. The van der Waals surface area contributed by atoms with E-state index in [9.17, 15) is 8.42 Å². The fourth-order valence-corrected chi connectivity index (χ4v) is 3.55. The van der Waals surface area contributed by atoms with Crippen molar-refractivity contribution in [2.75, 3.05) is 5.73 Å². The fourth-order valence-electron chi connectivity index (χ4n) is 1.49. The van der Waals surface area contributed by atoms with E-state index in [1.807, 2.05) is 17.5 Å². The first-order valence-electron chi connectivity index (χ1n) is 5.26. The predicted octanol–water partition coefficient (Wildman–Crippen LogP) is 1.76. The summed E-state index contributed by atoms with van der Waals surface area (Å²) < 4.78 is 26.8. The molecular weight excluding hydrogens is 270 g/mol. The minimum atomic E-state index is -3.57. The first-order valence-corrected chi connectivity index (χ1v) is 7.62. The Hall–Kier alpha value is -1.44. The molecule has 7 heteroatoms. The highest BCUT2D eigenvalue weighted by atomic mass is 32.2. The van der Waals surface area contributed by atoms with Crippen molar-refractivity contribution in [3.8, 4) is 0 Å². The lowest BCUT2D eigenvalue weighted by Gasteiger charge is -2.12. The Morgan fingerprint density at radius 3 is 2.83 bits per heavy atom. The molecule has 1 unspecified atom stereocenters. The van der Waals surface area contributed by atoms with Crippen LogP contribution in [0.3, 0.4) is 0 Å².